The van der Waals surface area contributed by atoms with Crippen LogP contribution in [-0.2, 0) is 11.3 Å². The minimum Gasteiger partial charge on any atom is -0.481 e. The number of rotatable bonds is 7. The number of carbonyl (C=O) groups excluding carboxylic acids is 1. The molecule has 0 saturated carbocycles. The van der Waals surface area contributed by atoms with E-state index in [1.54, 1.807) is 0 Å². The quantitative estimate of drug-likeness (QED) is 0.790. The molecule has 2 amide bonds. The van der Waals surface area contributed by atoms with Crippen LogP contribution in [-0.4, -0.2) is 53.4 Å². The Morgan fingerprint density at radius 3 is 2.74 bits per heavy atom. The molecule has 1 heterocycles. The van der Waals surface area contributed by atoms with Gasteiger partial charge in [-0.25, -0.2) is 9.78 Å². The van der Waals surface area contributed by atoms with E-state index < -0.39 is 24.8 Å². The van der Waals surface area contributed by atoms with Crippen LogP contribution in [0.2, 0.25) is 0 Å². The van der Waals surface area contributed by atoms with Gasteiger partial charge in [0, 0.05) is 31.9 Å². The minimum atomic E-state index is -4.49. The van der Waals surface area contributed by atoms with Gasteiger partial charge in [-0.05, 0) is 6.07 Å². The molecule has 10 heteroatoms. The van der Waals surface area contributed by atoms with Gasteiger partial charge >= 0.3 is 18.2 Å². The predicted molar refractivity (Wildman–Crippen MR) is 72.9 cm³/mol. The number of aliphatic carboxylic acids is 1. The zero-order valence-corrected chi connectivity index (χ0v) is 12.3. The maximum atomic E-state index is 12.2. The van der Waals surface area contributed by atoms with Crippen LogP contribution in [0.1, 0.15) is 12.0 Å². The minimum absolute atomic E-state index is 0.00559. The van der Waals surface area contributed by atoms with Gasteiger partial charge in [0.2, 0.25) is 5.88 Å². The number of carbonyl (C=O) groups is 2. The van der Waals surface area contributed by atoms with Crippen molar-refractivity contribution in [3.05, 3.63) is 23.9 Å². The van der Waals surface area contributed by atoms with Gasteiger partial charge < -0.3 is 20.1 Å². The fourth-order valence-corrected chi connectivity index (χ4v) is 1.51. The molecule has 1 aromatic rings. The van der Waals surface area contributed by atoms with E-state index >= 15 is 0 Å². The Balaban J connectivity index is 2.57. The van der Waals surface area contributed by atoms with E-state index in [9.17, 15) is 22.8 Å². The number of urea groups is 1. The summed E-state index contributed by atoms with van der Waals surface area (Å²) in [7, 11) is 1.41. The summed E-state index contributed by atoms with van der Waals surface area (Å²) >= 11 is 0. The number of pyridine rings is 1. The van der Waals surface area contributed by atoms with Crippen molar-refractivity contribution in [2.24, 2.45) is 0 Å². The smallest absolute Gasteiger partial charge is 0.422 e. The summed E-state index contributed by atoms with van der Waals surface area (Å²) in [4.78, 5) is 27.0. The van der Waals surface area contributed by atoms with Crippen LogP contribution in [0, 0.1) is 0 Å². The summed E-state index contributed by atoms with van der Waals surface area (Å²) in [5.41, 5.74) is 0.275. The molecule has 23 heavy (non-hydrogen) atoms. The average molecular weight is 335 g/mol. The summed E-state index contributed by atoms with van der Waals surface area (Å²) in [6, 6.07) is 2.41. The van der Waals surface area contributed by atoms with Crippen LogP contribution in [0.4, 0.5) is 18.0 Å². The Labute approximate surface area is 130 Å². The van der Waals surface area contributed by atoms with E-state index in [0.29, 0.717) is 0 Å². The van der Waals surface area contributed by atoms with Crippen molar-refractivity contribution >= 4 is 12.0 Å². The van der Waals surface area contributed by atoms with Crippen LogP contribution in [0.3, 0.4) is 0 Å². The first-order chi connectivity index (χ1) is 10.7. The lowest BCUT2D eigenvalue weighted by molar-refractivity contribution is -0.154. The topological polar surface area (TPSA) is 91.8 Å². The maximum absolute atomic E-state index is 12.2. The number of nitrogens with one attached hydrogen (secondary N) is 1. The number of aromatic nitrogens is 1. The van der Waals surface area contributed by atoms with Crippen molar-refractivity contribution in [3.8, 4) is 5.88 Å². The fourth-order valence-electron chi connectivity index (χ4n) is 1.51. The average Bonchev–Trinajstić information content (AvgIpc) is 2.48. The Bertz CT molecular complexity index is 552. The Morgan fingerprint density at radius 2 is 2.13 bits per heavy atom. The first kappa shape index (κ1) is 18.5. The second kappa shape index (κ2) is 8.20. The standard InChI is InChI=1S/C13H16F3N3O4/c1-19(6-4-10(20)21)12(22)18-7-9-3-2-5-17-11(9)23-8-13(14,15)16/h2-3,5H,4,6-8H2,1H3,(H,18,22)(H,20,21). The molecule has 7 nitrogen and oxygen atoms in total. The lowest BCUT2D eigenvalue weighted by Crippen LogP contribution is -2.38. The molecule has 128 valence electrons. The molecule has 0 aliphatic carbocycles. The molecule has 0 atom stereocenters. The van der Waals surface area contributed by atoms with Crippen LogP contribution in [0.15, 0.2) is 18.3 Å². The molecule has 0 aliphatic rings. The number of nitrogens with zero attached hydrogens (tertiary/aromatic N) is 2. The van der Waals surface area contributed by atoms with Crippen molar-refractivity contribution in [1.82, 2.24) is 15.2 Å². The largest absolute Gasteiger partial charge is 0.481 e. The maximum Gasteiger partial charge on any atom is 0.422 e. The molecule has 0 fully saturated rings. The Kier molecular flexibility index (Phi) is 6.61. The molecule has 0 aliphatic heterocycles. The lowest BCUT2D eigenvalue weighted by atomic mass is 10.2. The van der Waals surface area contributed by atoms with Crippen LogP contribution in [0.5, 0.6) is 5.88 Å². The molecule has 0 unspecified atom stereocenters. The number of ether oxygens (including phenoxy) is 1. The van der Waals surface area contributed by atoms with Crippen molar-refractivity contribution in [3.63, 3.8) is 0 Å². The Morgan fingerprint density at radius 1 is 1.43 bits per heavy atom. The highest BCUT2D eigenvalue weighted by atomic mass is 19.4. The van der Waals surface area contributed by atoms with Gasteiger partial charge in [-0.1, -0.05) is 6.07 Å². The highest BCUT2D eigenvalue weighted by Crippen LogP contribution is 2.19. The van der Waals surface area contributed by atoms with Crippen LogP contribution in [0.25, 0.3) is 0 Å². The van der Waals surface area contributed by atoms with E-state index in [-0.39, 0.29) is 31.0 Å². The number of hydrogen-bond donors (Lipinski definition) is 2. The van der Waals surface area contributed by atoms with Gasteiger partial charge in [0.15, 0.2) is 6.61 Å². The third kappa shape index (κ3) is 7.34. The number of carboxylic acids is 1. The van der Waals surface area contributed by atoms with Crippen molar-refractivity contribution < 1.29 is 32.6 Å². The molecular formula is C13H16F3N3O4. The van der Waals surface area contributed by atoms with E-state index in [0.717, 1.165) is 4.90 Å². The molecule has 1 aromatic heterocycles. The summed E-state index contributed by atoms with van der Waals surface area (Å²) < 4.78 is 41.1. The number of carboxylic acid groups (broad SMARTS) is 1. The summed E-state index contributed by atoms with van der Waals surface area (Å²) in [6.45, 7) is -1.58. The highest BCUT2D eigenvalue weighted by Gasteiger charge is 2.29. The number of amides is 2. The van der Waals surface area contributed by atoms with Gasteiger partial charge in [0.1, 0.15) is 0 Å². The van der Waals surface area contributed by atoms with E-state index in [1.165, 1.54) is 25.4 Å². The fraction of sp³-hybridized carbons (Fsp3) is 0.462. The summed E-state index contributed by atoms with van der Waals surface area (Å²) in [5.74, 6) is -1.27. The number of halogens is 3. The SMILES string of the molecule is CN(CCC(=O)O)C(=O)NCc1cccnc1OCC(F)(F)F. The second-order valence-corrected chi connectivity index (χ2v) is 4.60. The predicted octanol–water partition coefficient (Wildman–Crippen LogP) is 1.64. The van der Waals surface area contributed by atoms with Gasteiger partial charge in [-0.2, -0.15) is 13.2 Å². The highest BCUT2D eigenvalue weighted by molar-refractivity contribution is 5.75. The van der Waals surface area contributed by atoms with E-state index in [2.05, 4.69) is 15.0 Å². The Hall–Kier alpha value is -2.52. The lowest BCUT2D eigenvalue weighted by Gasteiger charge is -2.17. The first-order valence-corrected chi connectivity index (χ1v) is 6.53. The molecule has 0 bridgehead atoms. The third-order valence-electron chi connectivity index (χ3n) is 2.66. The zero-order chi connectivity index (χ0) is 17.5. The van der Waals surface area contributed by atoms with Gasteiger partial charge in [-0.3, -0.25) is 4.79 Å². The van der Waals surface area contributed by atoms with E-state index in [4.69, 9.17) is 5.11 Å². The number of alkyl halides is 3. The summed E-state index contributed by atoms with van der Waals surface area (Å²) in [5, 5.41) is 11.0. The molecule has 0 saturated heterocycles. The third-order valence-corrected chi connectivity index (χ3v) is 2.66. The monoisotopic (exact) mass is 335 g/mol. The number of hydrogen-bond acceptors (Lipinski definition) is 4. The zero-order valence-electron chi connectivity index (χ0n) is 12.3. The van der Waals surface area contributed by atoms with E-state index in [1.807, 2.05) is 0 Å². The molecule has 0 aromatic carbocycles. The van der Waals surface area contributed by atoms with Gasteiger partial charge in [-0.15, -0.1) is 0 Å². The molecular weight excluding hydrogens is 319 g/mol. The molecule has 0 radical (unpaired) electrons. The van der Waals surface area contributed by atoms with Crippen molar-refractivity contribution in [2.75, 3.05) is 20.2 Å². The first-order valence-electron chi connectivity index (χ1n) is 6.53. The molecule has 2 N–H and O–H groups in total. The molecule has 1 rings (SSSR count). The summed E-state index contributed by atoms with van der Waals surface area (Å²) in [6.07, 6.45) is -3.43. The van der Waals surface area contributed by atoms with Crippen LogP contribution >= 0.6 is 0 Å². The van der Waals surface area contributed by atoms with Crippen molar-refractivity contribution in [1.29, 1.82) is 0 Å². The second-order valence-electron chi connectivity index (χ2n) is 4.60. The van der Waals surface area contributed by atoms with Gasteiger partial charge in [0.05, 0.1) is 6.42 Å². The van der Waals surface area contributed by atoms with Crippen LogP contribution < -0.4 is 10.1 Å². The van der Waals surface area contributed by atoms with Gasteiger partial charge in [0.25, 0.3) is 0 Å². The van der Waals surface area contributed by atoms with Crippen molar-refractivity contribution in [2.45, 2.75) is 19.1 Å². The normalized spacial score (nSPS) is 11.0. The molecule has 0 spiro atoms.